The summed E-state index contributed by atoms with van der Waals surface area (Å²) in [6.07, 6.45) is 0. The minimum absolute atomic E-state index is 0.0750. The van der Waals surface area contributed by atoms with E-state index in [9.17, 15) is 4.79 Å². The minimum Gasteiger partial charge on any atom is -0.483 e. The highest BCUT2D eigenvalue weighted by molar-refractivity contribution is 7.99. The molecule has 154 valence electrons. The molecule has 6 nitrogen and oxygen atoms in total. The number of fused-ring (bicyclic) bond motifs is 1. The molecule has 4 rings (SSSR count). The van der Waals surface area contributed by atoms with E-state index < -0.39 is 0 Å². The van der Waals surface area contributed by atoms with E-state index in [0.29, 0.717) is 22.6 Å². The standard InChI is InChI=1S/C23H24N4O2S/c1-15-5-11-18(12-6-15)29-14-30-22-25-21(24-19-13-20(28)26-27(19)22)16-7-9-17(10-8-16)23(2,3)4/h5-13H,14H2,1-4H3,(H,26,28). The first-order valence-corrected chi connectivity index (χ1v) is 10.7. The van der Waals surface area contributed by atoms with Gasteiger partial charge < -0.3 is 4.74 Å². The Morgan fingerprint density at radius 3 is 2.40 bits per heavy atom. The van der Waals surface area contributed by atoms with Crippen LogP contribution in [0.5, 0.6) is 5.75 Å². The van der Waals surface area contributed by atoms with E-state index in [2.05, 4.69) is 48.0 Å². The Hall–Kier alpha value is -3.06. The fourth-order valence-corrected chi connectivity index (χ4v) is 3.73. The topological polar surface area (TPSA) is 72.3 Å². The molecule has 2 aromatic carbocycles. The van der Waals surface area contributed by atoms with Crippen molar-refractivity contribution in [3.63, 3.8) is 0 Å². The predicted molar refractivity (Wildman–Crippen MR) is 120 cm³/mol. The lowest BCUT2D eigenvalue weighted by molar-refractivity contribution is 0.392. The van der Waals surface area contributed by atoms with Crippen LogP contribution < -0.4 is 10.3 Å². The number of H-pyrrole nitrogens is 1. The zero-order valence-electron chi connectivity index (χ0n) is 17.5. The predicted octanol–water partition coefficient (Wildman–Crippen LogP) is 4.82. The molecular weight excluding hydrogens is 396 g/mol. The molecule has 0 radical (unpaired) electrons. The van der Waals surface area contributed by atoms with Gasteiger partial charge in [-0.3, -0.25) is 9.89 Å². The van der Waals surface area contributed by atoms with Gasteiger partial charge in [0.15, 0.2) is 16.6 Å². The third-order valence-electron chi connectivity index (χ3n) is 4.77. The van der Waals surface area contributed by atoms with E-state index in [4.69, 9.17) is 4.74 Å². The second-order valence-electron chi connectivity index (χ2n) is 8.19. The third kappa shape index (κ3) is 4.41. The maximum absolute atomic E-state index is 11.9. The maximum atomic E-state index is 11.9. The Morgan fingerprint density at radius 1 is 1.03 bits per heavy atom. The number of hydrogen-bond acceptors (Lipinski definition) is 5. The fraction of sp³-hybridized carbons (Fsp3) is 0.261. The van der Waals surface area contributed by atoms with Crippen LogP contribution in [0.1, 0.15) is 31.9 Å². The molecule has 0 unspecified atom stereocenters. The summed E-state index contributed by atoms with van der Waals surface area (Å²) >= 11 is 1.40. The van der Waals surface area contributed by atoms with Gasteiger partial charge in [0.1, 0.15) is 11.7 Å². The number of nitrogens with zero attached hydrogens (tertiary/aromatic N) is 3. The van der Waals surface area contributed by atoms with Crippen molar-refractivity contribution in [2.45, 2.75) is 38.3 Å². The average molecular weight is 421 g/mol. The molecule has 7 heteroatoms. The van der Waals surface area contributed by atoms with Gasteiger partial charge in [-0.05, 0) is 41.8 Å². The number of thioether (sulfide) groups is 1. The van der Waals surface area contributed by atoms with Crippen molar-refractivity contribution in [1.82, 2.24) is 19.6 Å². The lowest BCUT2D eigenvalue weighted by Gasteiger charge is -2.19. The summed E-state index contributed by atoms with van der Waals surface area (Å²) in [5.41, 5.74) is 3.71. The second kappa shape index (κ2) is 7.99. The number of rotatable bonds is 5. The third-order valence-corrected chi connectivity index (χ3v) is 5.54. The number of benzene rings is 2. The van der Waals surface area contributed by atoms with Crippen LogP contribution in [0, 0.1) is 6.92 Å². The van der Waals surface area contributed by atoms with Crippen LogP contribution in [-0.2, 0) is 5.41 Å². The van der Waals surface area contributed by atoms with Crippen molar-refractivity contribution in [3.05, 3.63) is 76.1 Å². The van der Waals surface area contributed by atoms with Crippen LogP contribution in [0.2, 0.25) is 0 Å². The van der Waals surface area contributed by atoms with Gasteiger partial charge in [0.25, 0.3) is 5.56 Å². The quantitative estimate of drug-likeness (QED) is 0.370. The SMILES string of the molecule is Cc1ccc(OCSc2nc(-c3ccc(C(C)(C)C)cc3)nc3cc(=O)[nH]n23)cc1. The molecule has 0 fully saturated rings. The molecule has 1 N–H and O–H groups in total. The van der Waals surface area contributed by atoms with Crippen LogP contribution in [0.4, 0.5) is 0 Å². The zero-order valence-corrected chi connectivity index (χ0v) is 18.3. The van der Waals surface area contributed by atoms with E-state index in [-0.39, 0.29) is 11.0 Å². The number of nitrogens with one attached hydrogen (secondary N) is 1. The Labute approximate surface area is 179 Å². The van der Waals surface area contributed by atoms with Crippen LogP contribution in [0.25, 0.3) is 17.0 Å². The Balaban J connectivity index is 1.62. The highest BCUT2D eigenvalue weighted by atomic mass is 32.2. The molecule has 30 heavy (non-hydrogen) atoms. The lowest BCUT2D eigenvalue weighted by Crippen LogP contribution is -2.10. The largest absolute Gasteiger partial charge is 0.483 e. The minimum atomic E-state index is -0.217. The van der Waals surface area contributed by atoms with Crippen molar-refractivity contribution in [1.29, 1.82) is 0 Å². The molecule has 0 amide bonds. The van der Waals surface area contributed by atoms with E-state index in [1.807, 2.05) is 43.3 Å². The maximum Gasteiger partial charge on any atom is 0.266 e. The van der Waals surface area contributed by atoms with Crippen molar-refractivity contribution < 1.29 is 4.74 Å². The Kier molecular flexibility index (Phi) is 5.39. The molecule has 0 saturated carbocycles. The van der Waals surface area contributed by atoms with Gasteiger partial charge >= 0.3 is 0 Å². The van der Waals surface area contributed by atoms with E-state index >= 15 is 0 Å². The van der Waals surface area contributed by atoms with Crippen molar-refractivity contribution in [2.24, 2.45) is 0 Å². The molecule has 4 aromatic rings. The molecule has 0 atom stereocenters. The van der Waals surface area contributed by atoms with E-state index in [1.165, 1.54) is 29.0 Å². The highest BCUT2D eigenvalue weighted by Crippen LogP contribution is 2.26. The number of aromatic nitrogens is 4. The molecule has 2 aromatic heterocycles. The first kappa shape index (κ1) is 20.2. The molecule has 0 bridgehead atoms. The zero-order chi connectivity index (χ0) is 21.3. The average Bonchev–Trinajstić information content (AvgIpc) is 3.09. The van der Waals surface area contributed by atoms with E-state index in [1.54, 1.807) is 4.52 Å². The molecule has 0 aliphatic heterocycles. The van der Waals surface area contributed by atoms with Gasteiger partial charge in [-0.15, -0.1) is 0 Å². The van der Waals surface area contributed by atoms with Gasteiger partial charge in [-0.25, -0.2) is 14.5 Å². The summed E-state index contributed by atoms with van der Waals surface area (Å²) in [7, 11) is 0. The van der Waals surface area contributed by atoms with Gasteiger partial charge in [0.2, 0.25) is 0 Å². The van der Waals surface area contributed by atoms with Crippen LogP contribution in [-0.4, -0.2) is 25.5 Å². The van der Waals surface area contributed by atoms with Gasteiger partial charge in [0.05, 0.1) is 0 Å². The molecule has 0 aliphatic carbocycles. The van der Waals surface area contributed by atoms with E-state index in [0.717, 1.165) is 11.3 Å². The highest BCUT2D eigenvalue weighted by Gasteiger charge is 2.15. The van der Waals surface area contributed by atoms with Crippen molar-refractivity contribution >= 4 is 17.4 Å². The van der Waals surface area contributed by atoms with Gasteiger partial charge in [0, 0.05) is 11.6 Å². The Morgan fingerprint density at radius 2 is 1.73 bits per heavy atom. The van der Waals surface area contributed by atoms with Crippen LogP contribution in [0.15, 0.2) is 64.5 Å². The Bertz CT molecular complexity index is 1220. The second-order valence-corrected chi connectivity index (χ2v) is 9.08. The van der Waals surface area contributed by atoms with Crippen molar-refractivity contribution in [3.8, 4) is 17.1 Å². The molecule has 2 heterocycles. The first-order chi connectivity index (χ1) is 14.3. The summed E-state index contributed by atoms with van der Waals surface area (Å²) in [5, 5.41) is 3.37. The molecule has 0 saturated heterocycles. The molecular formula is C23H24N4O2S. The number of ether oxygens (including phenoxy) is 1. The number of aryl methyl sites for hydroxylation is 1. The normalized spacial score (nSPS) is 11.7. The number of aromatic amines is 1. The lowest BCUT2D eigenvalue weighted by atomic mass is 9.87. The van der Waals surface area contributed by atoms with Gasteiger partial charge in [-0.1, -0.05) is 62.7 Å². The molecule has 0 aliphatic rings. The van der Waals surface area contributed by atoms with Crippen LogP contribution in [0.3, 0.4) is 0 Å². The summed E-state index contributed by atoms with van der Waals surface area (Å²) in [6.45, 7) is 8.58. The summed E-state index contributed by atoms with van der Waals surface area (Å²) in [4.78, 5) is 21.1. The fourth-order valence-electron chi connectivity index (χ4n) is 3.01. The number of hydrogen-bond donors (Lipinski definition) is 1. The summed E-state index contributed by atoms with van der Waals surface area (Å²) < 4.78 is 7.41. The monoisotopic (exact) mass is 420 g/mol. The summed E-state index contributed by atoms with van der Waals surface area (Å²) in [6, 6.07) is 17.6. The smallest absolute Gasteiger partial charge is 0.266 e. The van der Waals surface area contributed by atoms with Crippen LogP contribution >= 0.6 is 11.8 Å². The van der Waals surface area contributed by atoms with Gasteiger partial charge in [-0.2, -0.15) is 0 Å². The van der Waals surface area contributed by atoms with Crippen molar-refractivity contribution in [2.75, 3.05) is 5.94 Å². The summed E-state index contributed by atoms with van der Waals surface area (Å²) in [5.74, 6) is 1.72. The first-order valence-electron chi connectivity index (χ1n) is 9.73. The molecule has 0 spiro atoms.